The molecule has 0 aromatic heterocycles. The zero-order valence-corrected chi connectivity index (χ0v) is 16.9. The maximum absolute atomic E-state index is 12.7. The molecule has 0 heterocycles. The van der Waals surface area contributed by atoms with E-state index in [2.05, 4.69) is 0 Å². The first-order chi connectivity index (χ1) is 15.0. The van der Waals surface area contributed by atoms with Crippen molar-refractivity contribution in [3.05, 3.63) is 117 Å². The number of para-hydroxylation sites is 1. The second-order valence-electron chi connectivity index (χ2n) is 7.67. The van der Waals surface area contributed by atoms with E-state index in [1.54, 1.807) is 42.5 Å². The maximum atomic E-state index is 12.7. The molecule has 0 N–H and O–H groups in total. The molecule has 0 saturated heterocycles. The van der Waals surface area contributed by atoms with Crippen LogP contribution in [0.5, 0.6) is 0 Å². The molecule has 1 aliphatic rings. The van der Waals surface area contributed by atoms with Gasteiger partial charge in [0.2, 0.25) is 0 Å². The molecule has 0 spiro atoms. The van der Waals surface area contributed by atoms with E-state index in [-0.39, 0.29) is 40.9 Å². The molecule has 4 rings (SSSR count). The smallest absolute Gasteiger partial charge is 0.272 e. The lowest BCUT2D eigenvalue weighted by molar-refractivity contribution is -0.385. The van der Waals surface area contributed by atoms with Crippen LogP contribution in [0.15, 0.2) is 84.4 Å². The normalized spacial score (nSPS) is 14.6. The quantitative estimate of drug-likeness (QED) is 0.211. The van der Waals surface area contributed by atoms with E-state index in [0.717, 1.165) is 16.7 Å². The van der Waals surface area contributed by atoms with Gasteiger partial charge in [0, 0.05) is 29.5 Å². The monoisotopic (exact) mass is 411 g/mol. The molecule has 31 heavy (non-hydrogen) atoms. The van der Waals surface area contributed by atoms with Gasteiger partial charge in [-0.3, -0.25) is 19.7 Å². The summed E-state index contributed by atoms with van der Waals surface area (Å²) in [5.74, 6) is -0.481. The number of nitro groups is 1. The summed E-state index contributed by atoms with van der Waals surface area (Å²) in [6, 6.07) is 23.3. The number of Topliss-reactive ketones (excluding diaryl/α,β-unsaturated/α-hetero) is 2. The highest BCUT2D eigenvalue weighted by Gasteiger charge is 2.29. The zero-order valence-electron chi connectivity index (χ0n) is 16.9. The number of carbonyl (C=O) groups excluding carboxylic acids is 2. The topological polar surface area (TPSA) is 77.3 Å². The molecule has 0 saturated carbocycles. The van der Waals surface area contributed by atoms with Gasteiger partial charge in [0.05, 0.1) is 11.3 Å². The third kappa shape index (κ3) is 4.51. The lowest BCUT2D eigenvalue weighted by Gasteiger charge is -2.17. The van der Waals surface area contributed by atoms with Gasteiger partial charge in [0.25, 0.3) is 5.69 Å². The Morgan fingerprint density at radius 2 is 1.55 bits per heavy atom. The molecule has 154 valence electrons. The molecule has 0 bridgehead atoms. The summed E-state index contributed by atoms with van der Waals surface area (Å²) >= 11 is 0. The Morgan fingerprint density at radius 3 is 2.32 bits per heavy atom. The minimum Gasteiger partial charge on any atom is -0.299 e. The van der Waals surface area contributed by atoms with E-state index in [9.17, 15) is 19.7 Å². The Labute approximate surface area is 180 Å². The van der Waals surface area contributed by atoms with Gasteiger partial charge in [0.15, 0.2) is 5.78 Å². The number of nitro benzene ring substituents is 1. The molecular weight excluding hydrogens is 390 g/mol. The summed E-state index contributed by atoms with van der Waals surface area (Å²) in [5.41, 5.74) is 4.20. The average molecular weight is 411 g/mol. The van der Waals surface area contributed by atoms with Crippen molar-refractivity contribution in [1.82, 2.24) is 0 Å². The molecule has 1 aliphatic carbocycles. The molecular formula is C26H21NO4. The van der Waals surface area contributed by atoms with Crippen LogP contribution in [-0.4, -0.2) is 16.5 Å². The first-order valence-electron chi connectivity index (χ1n) is 10.1. The number of carbonyl (C=O) groups is 2. The molecule has 5 heteroatoms. The minimum absolute atomic E-state index is 0.0804. The summed E-state index contributed by atoms with van der Waals surface area (Å²) in [6.45, 7) is 0. The fourth-order valence-corrected chi connectivity index (χ4v) is 4.15. The summed E-state index contributed by atoms with van der Waals surface area (Å²) < 4.78 is 0. The van der Waals surface area contributed by atoms with Crippen molar-refractivity contribution < 1.29 is 14.5 Å². The predicted molar refractivity (Wildman–Crippen MR) is 119 cm³/mol. The number of ketones is 2. The van der Waals surface area contributed by atoms with Crippen molar-refractivity contribution in [3.8, 4) is 0 Å². The maximum Gasteiger partial charge on any atom is 0.272 e. The Hall–Kier alpha value is -3.86. The average Bonchev–Trinajstić information content (AvgIpc) is 3.11. The van der Waals surface area contributed by atoms with Crippen LogP contribution >= 0.6 is 0 Å². The second-order valence-corrected chi connectivity index (χ2v) is 7.67. The summed E-state index contributed by atoms with van der Waals surface area (Å²) in [7, 11) is 0. The van der Waals surface area contributed by atoms with Crippen molar-refractivity contribution in [2.24, 2.45) is 0 Å². The summed E-state index contributed by atoms with van der Waals surface area (Å²) in [6.07, 6.45) is 2.41. The number of hydrogen-bond acceptors (Lipinski definition) is 4. The van der Waals surface area contributed by atoms with E-state index in [1.165, 1.54) is 6.07 Å². The number of nitrogens with zero attached hydrogens (tertiary/aromatic N) is 1. The van der Waals surface area contributed by atoms with Gasteiger partial charge < -0.3 is 0 Å². The van der Waals surface area contributed by atoms with Crippen molar-refractivity contribution >= 4 is 23.3 Å². The first kappa shape index (κ1) is 20.4. The van der Waals surface area contributed by atoms with Crippen molar-refractivity contribution in [1.29, 1.82) is 0 Å². The van der Waals surface area contributed by atoms with E-state index in [0.29, 0.717) is 17.5 Å². The van der Waals surface area contributed by atoms with Crippen molar-refractivity contribution in [2.45, 2.75) is 25.2 Å². The largest absolute Gasteiger partial charge is 0.299 e. The third-order valence-electron chi connectivity index (χ3n) is 5.63. The van der Waals surface area contributed by atoms with E-state index in [1.807, 2.05) is 36.4 Å². The van der Waals surface area contributed by atoms with Crippen LogP contribution in [0.3, 0.4) is 0 Å². The molecule has 0 amide bonds. The van der Waals surface area contributed by atoms with Gasteiger partial charge in [-0.05, 0) is 17.5 Å². The number of rotatable bonds is 8. The molecule has 0 radical (unpaired) electrons. The first-order valence-corrected chi connectivity index (χ1v) is 10.1. The molecule has 3 aromatic rings. The van der Waals surface area contributed by atoms with Crippen molar-refractivity contribution in [3.63, 3.8) is 0 Å². The van der Waals surface area contributed by atoms with Crippen LogP contribution in [0, 0.1) is 10.1 Å². The number of benzene rings is 3. The van der Waals surface area contributed by atoms with Crippen LogP contribution in [0.1, 0.15) is 45.8 Å². The van der Waals surface area contributed by atoms with Crippen LogP contribution < -0.4 is 0 Å². The Kier molecular flexibility index (Phi) is 5.85. The SMILES string of the molecule is O=C(CC(=O)c1ccccc1)CC1=Cc2ccccc2C1Cc1ccccc1[N+](=O)[O-]. The number of fused-ring (bicyclic) bond motifs is 1. The highest BCUT2D eigenvalue weighted by Crippen LogP contribution is 2.41. The second kappa shape index (κ2) is 8.88. The molecule has 0 aliphatic heterocycles. The molecule has 1 unspecified atom stereocenters. The van der Waals surface area contributed by atoms with Gasteiger partial charge in [0.1, 0.15) is 5.78 Å². The van der Waals surface area contributed by atoms with Crippen molar-refractivity contribution in [2.75, 3.05) is 0 Å². The lowest BCUT2D eigenvalue weighted by atomic mass is 9.86. The van der Waals surface area contributed by atoms with Crippen LogP contribution in [0.25, 0.3) is 6.08 Å². The standard InChI is InChI=1S/C26H21NO4/c28-22(17-26(29)18-8-2-1-3-9-18)15-21-14-19-10-4-6-12-23(19)24(21)16-20-11-5-7-13-25(20)27(30)31/h1-14,24H,15-17H2. The van der Waals surface area contributed by atoms with Gasteiger partial charge in [-0.15, -0.1) is 0 Å². The number of hydrogen-bond donors (Lipinski definition) is 0. The fraction of sp³-hybridized carbons (Fsp3) is 0.154. The minimum atomic E-state index is -0.372. The molecule has 0 fully saturated rings. The third-order valence-corrected chi connectivity index (χ3v) is 5.63. The summed E-state index contributed by atoms with van der Waals surface area (Å²) in [4.78, 5) is 36.2. The Balaban J connectivity index is 1.56. The molecule has 5 nitrogen and oxygen atoms in total. The highest BCUT2D eigenvalue weighted by molar-refractivity contribution is 6.08. The highest BCUT2D eigenvalue weighted by atomic mass is 16.6. The van der Waals surface area contributed by atoms with Crippen LogP contribution in [0.2, 0.25) is 0 Å². The van der Waals surface area contributed by atoms with Gasteiger partial charge in [-0.1, -0.05) is 84.4 Å². The molecule has 3 aromatic carbocycles. The lowest BCUT2D eigenvalue weighted by Crippen LogP contribution is -2.12. The molecule has 1 atom stereocenters. The van der Waals surface area contributed by atoms with E-state index >= 15 is 0 Å². The van der Waals surface area contributed by atoms with Gasteiger partial charge >= 0.3 is 0 Å². The Bertz CT molecular complexity index is 1180. The summed E-state index contributed by atoms with van der Waals surface area (Å²) in [5, 5.41) is 11.5. The fourth-order valence-electron chi connectivity index (χ4n) is 4.15. The predicted octanol–water partition coefficient (Wildman–Crippen LogP) is 5.55. The van der Waals surface area contributed by atoms with Crippen LogP contribution in [0.4, 0.5) is 5.69 Å². The van der Waals surface area contributed by atoms with E-state index in [4.69, 9.17) is 0 Å². The van der Waals surface area contributed by atoms with Crippen LogP contribution in [-0.2, 0) is 11.2 Å². The zero-order chi connectivity index (χ0) is 21.8. The van der Waals surface area contributed by atoms with Gasteiger partial charge in [-0.2, -0.15) is 0 Å². The number of allylic oxidation sites excluding steroid dienone is 1. The Morgan fingerprint density at radius 1 is 0.871 bits per heavy atom. The van der Waals surface area contributed by atoms with E-state index < -0.39 is 0 Å². The van der Waals surface area contributed by atoms with Gasteiger partial charge in [-0.25, -0.2) is 0 Å².